The molecule has 1 aliphatic heterocycles. The van der Waals surface area contributed by atoms with Gasteiger partial charge in [0.2, 0.25) is 0 Å². The van der Waals surface area contributed by atoms with Crippen molar-refractivity contribution in [2.45, 2.75) is 39.8 Å². The second-order valence-electron chi connectivity index (χ2n) is 8.23. The van der Waals surface area contributed by atoms with E-state index < -0.39 is 0 Å². The van der Waals surface area contributed by atoms with Crippen molar-refractivity contribution in [3.8, 4) is 0 Å². The molecule has 0 spiro atoms. The third-order valence-corrected chi connectivity index (χ3v) is 6.45. The van der Waals surface area contributed by atoms with Crippen LogP contribution >= 0.6 is 11.6 Å². The van der Waals surface area contributed by atoms with Gasteiger partial charge in [0.15, 0.2) is 11.3 Å². The first kappa shape index (κ1) is 21.6. The topological polar surface area (TPSA) is 77.6 Å². The fourth-order valence-electron chi connectivity index (χ4n) is 4.66. The molecule has 1 aromatic carbocycles. The van der Waals surface area contributed by atoms with E-state index in [0.29, 0.717) is 23.9 Å². The summed E-state index contributed by atoms with van der Waals surface area (Å²) in [5, 5.41) is 13.8. The molecule has 0 aliphatic carbocycles. The van der Waals surface area contributed by atoms with Crippen LogP contribution in [0.25, 0.3) is 5.65 Å². The number of benzene rings is 1. The zero-order valence-electron chi connectivity index (χ0n) is 19.0. The molecule has 1 aliphatic rings. The summed E-state index contributed by atoms with van der Waals surface area (Å²) in [7, 11) is 1.66. The first-order chi connectivity index (χ1) is 15.9. The van der Waals surface area contributed by atoms with Crippen molar-refractivity contribution in [1.82, 2.24) is 24.4 Å². The monoisotopic (exact) mass is 464 g/mol. The van der Waals surface area contributed by atoms with E-state index >= 15 is 0 Å². The molecule has 0 fully saturated rings. The van der Waals surface area contributed by atoms with E-state index in [9.17, 15) is 4.79 Å². The number of ether oxygens (including phenoxy) is 1. The van der Waals surface area contributed by atoms with Crippen LogP contribution in [0.2, 0.25) is 5.02 Å². The van der Waals surface area contributed by atoms with Crippen LogP contribution in [0.4, 0.5) is 5.69 Å². The van der Waals surface area contributed by atoms with E-state index in [0.717, 1.165) is 46.0 Å². The van der Waals surface area contributed by atoms with Crippen LogP contribution in [0.5, 0.6) is 0 Å². The summed E-state index contributed by atoms with van der Waals surface area (Å²) in [6, 6.07) is 9.34. The highest BCUT2D eigenvalue weighted by Crippen LogP contribution is 2.43. The number of nitrogens with zero attached hydrogens (tertiary/aromatic N) is 6. The van der Waals surface area contributed by atoms with Gasteiger partial charge >= 0.3 is 0 Å². The number of anilines is 1. The van der Waals surface area contributed by atoms with Crippen LogP contribution in [-0.2, 0) is 17.7 Å². The quantitative estimate of drug-likeness (QED) is 0.428. The minimum atomic E-state index is -0.315. The zero-order valence-corrected chi connectivity index (χ0v) is 19.8. The Morgan fingerprint density at radius 1 is 1.15 bits per heavy atom. The van der Waals surface area contributed by atoms with Gasteiger partial charge in [-0.15, -0.1) is 10.2 Å². The maximum Gasteiger partial charge on any atom is 0.280 e. The van der Waals surface area contributed by atoms with Crippen molar-refractivity contribution < 1.29 is 9.53 Å². The Bertz CT molecular complexity index is 1360. The molecule has 4 aromatic rings. The molecule has 0 saturated heterocycles. The predicted molar refractivity (Wildman–Crippen MR) is 126 cm³/mol. The van der Waals surface area contributed by atoms with E-state index in [2.05, 4.69) is 17.1 Å². The van der Waals surface area contributed by atoms with Gasteiger partial charge in [-0.1, -0.05) is 30.7 Å². The van der Waals surface area contributed by atoms with Gasteiger partial charge < -0.3 is 4.74 Å². The largest absolute Gasteiger partial charge is 0.383 e. The van der Waals surface area contributed by atoms with Crippen molar-refractivity contribution in [3.63, 3.8) is 0 Å². The van der Waals surface area contributed by atoms with Crippen LogP contribution < -0.4 is 4.90 Å². The summed E-state index contributed by atoms with van der Waals surface area (Å²) in [6.07, 6.45) is 2.68. The maximum atomic E-state index is 13.8. The van der Waals surface area contributed by atoms with Crippen molar-refractivity contribution in [3.05, 3.63) is 75.5 Å². The Balaban J connectivity index is 1.72. The number of pyridine rings is 1. The van der Waals surface area contributed by atoms with Crippen molar-refractivity contribution in [1.29, 1.82) is 0 Å². The molecular weight excluding hydrogens is 440 g/mol. The van der Waals surface area contributed by atoms with Crippen LogP contribution in [0, 0.1) is 13.8 Å². The Hall–Kier alpha value is -3.23. The highest BCUT2D eigenvalue weighted by Gasteiger charge is 2.44. The molecule has 5 rings (SSSR count). The van der Waals surface area contributed by atoms with E-state index in [1.807, 2.05) is 64.4 Å². The minimum Gasteiger partial charge on any atom is -0.383 e. The number of fused-ring (bicyclic) bond motifs is 2. The summed E-state index contributed by atoms with van der Waals surface area (Å²) in [4.78, 5) is 15.7. The predicted octanol–water partition coefficient (Wildman–Crippen LogP) is 4.15. The highest BCUT2D eigenvalue weighted by atomic mass is 35.5. The number of hydrogen-bond donors (Lipinski definition) is 0. The fraction of sp³-hybridized carbons (Fsp3) is 0.333. The van der Waals surface area contributed by atoms with Gasteiger partial charge in [-0.3, -0.25) is 18.8 Å². The molecule has 0 saturated carbocycles. The molecule has 33 heavy (non-hydrogen) atoms. The van der Waals surface area contributed by atoms with Crippen LogP contribution in [-0.4, -0.2) is 44.0 Å². The molecule has 1 amide bonds. The van der Waals surface area contributed by atoms with Gasteiger partial charge in [0, 0.05) is 29.6 Å². The van der Waals surface area contributed by atoms with Crippen molar-refractivity contribution in [2.24, 2.45) is 0 Å². The number of methoxy groups -OCH3 is 1. The van der Waals surface area contributed by atoms with Crippen molar-refractivity contribution >= 4 is 28.8 Å². The van der Waals surface area contributed by atoms with Crippen LogP contribution in [0.3, 0.4) is 0 Å². The minimum absolute atomic E-state index is 0.125. The number of aryl methyl sites for hydroxylation is 2. The lowest BCUT2D eigenvalue weighted by Gasteiger charge is -2.27. The standard InChI is InChI=1S/C24H25ClN6O2/c1-5-19-20-21(28-30(19)10-11-33-4)24(32)31(22(20)16-6-8-17(25)9-7-16)18-12-14(2)23-27-26-15(3)29(23)13-18/h6-9,12-13,22H,5,10-11H2,1-4H3. The summed E-state index contributed by atoms with van der Waals surface area (Å²) in [5.41, 5.74) is 5.95. The van der Waals surface area contributed by atoms with Gasteiger partial charge in [-0.2, -0.15) is 5.10 Å². The Morgan fingerprint density at radius 2 is 1.91 bits per heavy atom. The Morgan fingerprint density at radius 3 is 2.61 bits per heavy atom. The number of amides is 1. The molecule has 9 heteroatoms. The van der Waals surface area contributed by atoms with Gasteiger partial charge in [0.05, 0.1) is 24.9 Å². The number of aromatic nitrogens is 5. The molecule has 0 bridgehead atoms. The lowest BCUT2D eigenvalue weighted by Crippen LogP contribution is -2.30. The fourth-order valence-corrected chi connectivity index (χ4v) is 4.79. The smallest absolute Gasteiger partial charge is 0.280 e. The number of rotatable bonds is 6. The molecular formula is C24H25ClN6O2. The second kappa shape index (κ2) is 8.28. The number of carbonyl (C=O) groups is 1. The molecule has 0 radical (unpaired) electrons. The molecule has 8 nitrogen and oxygen atoms in total. The third kappa shape index (κ3) is 3.41. The molecule has 0 N–H and O–H groups in total. The molecule has 170 valence electrons. The van der Waals surface area contributed by atoms with Gasteiger partial charge in [-0.05, 0) is 49.6 Å². The lowest BCUT2D eigenvalue weighted by atomic mass is 9.97. The number of hydrogen-bond acceptors (Lipinski definition) is 5. The van der Waals surface area contributed by atoms with Gasteiger partial charge in [-0.25, -0.2) is 0 Å². The van der Waals surface area contributed by atoms with E-state index in [-0.39, 0.29) is 11.9 Å². The normalized spacial score (nSPS) is 15.6. The van der Waals surface area contributed by atoms with E-state index in [4.69, 9.17) is 21.4 Å². The van der Waals surface area contributed by atoms with E-state index in [1.54, 1.807) is 7.11 Å². The summed E-state index contributed by atoms with van der Waals surface area (Å²) < 4.78 is 9.09. The van der Waals surface area contributed by atoms with Gasteiger partial charge in [0.25, 0.3) is 5.91 Å². The maximum absolute atomic E-state index is 13.8. The van der Waals surface area contributed by atoms with Crippen molar-refractivity contribution in [2.75, 3.05) is 18.6 Å². The first-order valence-corrected chi connectivity index (χ1v) is 11.3. The van der Waals surface area contributed by atoms with Crippen LogP contribution in [0.1, 0.15) is 51.7 Å². The highest BCUT2D eigenvalue weighted by molar-refractivity contribution is 6.30. The average Bonchev–Trinajstić information content (AvgIpc) is 3.44. The summed E-state index contributed by atoms with van der Waals surface area (Å²) >= 11 is 6.18. The van der Waals surface area contributed by atoms with Crippen LogP contribution in [0.15, 0.2) is 36.5 Å². The second-order valence-corrected chi connectivity index (χ2v) is 8.67. The Labute approximate surface area is 196 Å². The molecule has 1 unspecified atom stereocenters. The summed E-state index contributed by atoms with van der Waals surface area (Å²) in [5.74, 6) is 0.640. The third-order valence-electron chi connectivity index (χ3n) is 6.20. The van der Waals surface area contributed by atoms with E-state index in [1.165, 1.54) is 0 Å². The summed E-state index contributed by atoms with van der Waals surface area (Å²) in [6.45, 7) is 7.09. The SMILES string of the molecule is CCc1c2c(nn1CCOC)C(=O)N(c1cc(C)c3nnc(C)n3c1)C2c1ccc(Cl)cc1. The van der Waals surface area contributed by atoms with Gasteiger partial charge in [0.1, 0.15) is 5.82 Å². The lowest BCUT2D eigenvalue weighted by molar-refractivity contribution is 0.0986. The number of halogens is 1. The Kier molecular flexibility index (Phi) is 5.42. The molecule has 4 heterocycles. The first-order valence-electron chi connectivity index (χ1n) is 10.9. The molecule has 3 aromatic heterocycles. The number of carbonyl (C=O) groups excluding carboxylic acids is 1. The molecule has 1 atom stereocenters. The zero-order chi connectivity index (χ0) is 23.3. The average molecular weight is 465 g/mol.